The van der Waals surface area contributed by atoms with E-state index in [-0.39, 0.29) is 12.4 Å². The molecule has 4 N–H and O–H groups in total. The van der Waals surface area contributed by atoms with Crippen molar-refractivity contribution in [1.82, 2.24) is 19.9 Å². The van der Waals surface area contributed by atoms with E-state index in [2.05, 4.69) is 51.5 Å². The Kier molecular flexibility index (Phi) is 7.61. The smallest absolute Gasteiger partial charge is 0.223 e. The molecule has 5 rings (SSSR count). The van der Waals surface area contributed by atoms with Gasteiger partial charge in [0, 0.05) is 47.0 Å². The topological polar surface area (TPSA) is 82.9 Å². The van der Waals surface area contributed by atoms with Gasteiger partial charge in [-0.05, 0) is 56.5 Å². The zero-order valence-corrected chi connectivity index (χ0v) is 20.7. The summed E-state index contributed by atoms with van der Waals surface area (Å²) in [5.74, 6) is 0.631. The number of hydrogen-bond acceptors (Lipinski definition) is 5. The lowest BCUT2D eigenvalue weighted by atomic mass is 9.90. The Morgan fingerprint density at radius 3 is 2.76 bits per heavy atom. The summed E-state index contributed by atoms with van der Waals surface area (Å²) in [7, 11) is 2.21. The number of para-hydroxylation sites is 1. The second kappa shape index (κ2) is 10.6. The zero-order valence-electron chi connectivity index (χ0n) is 19.2. The summed E-state index contributed by atoms with van der Waals surface area (Å²) >= 11 is 6.50. The number of anilines is 2. The lowest BCUT2D eigenvalue weighted by Crippen LogP contribution is -2.40. The summed E-state index contributed by atoms with van der Waals surface area (Å²) in [6, 6.07) is 17.2. The van der Waals surface area contributed by atoms with Gasteiger partial charge in [-0.2, -0.15) is 0 Å². The number of nitrogens with zero attached hydrogens (tertiary/aromatic N) is 3. The van der Waals surface area contributed by atoms with E-state index in [0.29, 0.717) is 23.1 Å². The van der Waals surface area contributed by atoms with E-state index in [9.17, 15) is 0 Å². The fraction of sp³-hybridized carbons (Fsp3) is 0.308. The summed E-state index contributed by atoms with van der Waals surface area (Å²) in [6.45, 7) is 0.916. The molecule has 1 aliphatic rings. The third-order valence-electron chi connectivity index (χ3n) is 6.60. The molecule has 0 saturated heterocycles. The molecule has 178 valence electrons. The zero-order chi connectivity index (χ0) is 22.8. The fourth-order valence-electron chi connectivity index (χ4n) is 4.81. The number of rotatable bonds is 6. The number of fused-ring (bicyclic) bond motifs is 1. The van der Waals surface area contributed by atoms with Crippen molar-refractivity contribution in [3.8, 4) is 11.3 Å². The predicted molar refractivity (Wildman–Crippen MR) is 144 cm³/mol. The molecule has 2 aromatic carbocycles. The van der Waals surface area contributed by atoms with Crippen molar-refractivity contribution in [2.75, 3.05) is 18.1 Å². The van der Waals surface area contributed by atoms with Crippen molar-refractivity contribution >= 4 is 46.5 Å². The largest absolute Gasteiger partial charge is 0.399 e. The van der Waals surface area contributed by atoms with Crippen molar-refractivity contribution < 1.29 is 0 Å². The number of aromatic amines is 1. The van der Waals surface area contributed by atoms with Gasteiger partial charge in [0.25, 0.3) is 0 Å². The average molecular weight is 497 g/mol. The quantitative estimate of drug-likeness (QED) is 0.279. The molecule has 4 aromatic rings. The maximum absolute atomic E-state index is 6.50. The first-order chi connectivity index (χ1) is 16.1. The Labute approximate surface area is 211 Å². The fourth-order valence-corrected chi connectivity index (χ4v) is 5.00. The highest BCUT2D eigenvalue weighted by molar-refractivity contribution is 6.33. The highest BCUT2D eigenvalue weighted by atomic mass is 35.5. The maximum atomic E-state index is 6.50. The lowest BCUT2D eigenvalue weighted by molar-refractivity contribution is 0.177. The summed E-state index contributed by atoms with van der Waals surface area (Å²) < 4.78 is 0. The van der Waals surface area contributed by atoms with Crippen LogP contribution in [0.3, 0.4) is 0 Å². The lowest BCUT2D eigenvalue weighted by Gasteiger charge is -2.35. The molecule has 2 atom stereocenters. The summed E-state index contributed by atoms with van der Waals surface area (Å²) in [5, 5.41) is 5.23. The number of nitrogens with two attached hydrogens (primary N) is 1. The third-order valence-corrected chi connectivity index (χ3v) is 6.88. The minimum atomic E-state index is 0. The minimum Gasteiger partial charge on any atom is -0.399 e. The molecule has 2 aromatic heterocycles. The molecule has 0 spiro atoms. The van der Waals surface area contributed by atoms with Gasteiger partial charge < -0.3 is 16.0 Å². The SMILES string of the molecule is CN(Cc1ccc(N)cc1)[C@H]1CCC[C@@H](Nc2ncc(Cl)c(-c3c[nH]c4ccccc34)n2)C1.Cl. The second-order valence-electron chi connectivity index (χ2n) is 8.96. The molecule has 0 bridgehead atoms. The number of aromatic nitrogens is 3. The van der Waals surface area contributed by atoms with Crippen molar-refractivity contribution in [3.05, 3.63) is 71.5 Å². The van der Waals surface area contributed by atoms with Gasteiger partial charge in [-0.3, -0.25) is 4.90 Å². The molecule has 1 aliphatic carbocycles. The van der Waals surface area contributed by atoms with E-state index < -0.39 is 0 Å². The van der Waals surface area contributed by atoms with Crippen molar-refractivity contribution in [1.29, 1.82) is 0 Å². The van der Waals surface area contributed by atoms with E-state index in [1.807, 2.05) is 30.5 Å². The summed E-state index contributed by atoms with van der Waals surface area (Å²) in [6.07, 6.45) is 8.20. The number of halogens is 2. The van der Waals surface area contributed by atoms with E-state index in [0.717, 1.165) is 47.2 Å². The first-order valence-corrected chi connectivity index (χ1v) is 11.8. The van der Waals surface area contributed by atoms with E-state index in [1.54, 1.807) is 6.20 Å². The first-order valence-electron chi connectivity index (χ1n) is 11.5. The Morgan fingerprint density at radius 1 is 1.15 bits per heavy atom. The highest BCUT2D eigenvalue weighted by Crippen LogP contribution is 2.33. The molecule has 8 heteroatoms. The van der Waals surface area contributed by atoms with Crippen LogP contribution in [0.4, 0.5) is 11.6 Å². The van der Waals surface area contributed by atoms with Crippen LogP contribution in [0.5, 0.6) is 0 Å². The van der Waals surface area contributed by atoms with Gasteiger partial charge in [-0.25, -0.2) is 9.97 Å². The van der Waals surface area contributed by atoms with E-state index in [1.165, 1.54) is 18.4 Å². The number of hydrogen-bond donors (Lipinski definition) is 3. The van der Waals surface area contributed by atoms with E-state index in [4.69, 9.17) is 22.3 Å². The molecule has 1 fully saturated rings. The van der Waals surface area contributed by atoms with Crippen LogP contribution < -0.4 is 11.1 Å². The Bertz CT molecular complexity index is 1240. The molecule has 6 nitrogen and oxygen atoms in total. The van der Waals surface area contributed by atoms with Crippen LogP contribution in [0.25, 0.3) is 22.2 Å². The van der Waals surface area contributed by atoms with Gasteiger partial charge in [-0.1, -0.05) is 41.9 Å². The van der Waals surface area contributed by atoms with Crippen molar-refractivity contribution in [2.24, 2.45) is 0 Å². The van der Waals surface area contributed by atoms with Gasteiger partial charge in [-0.15, -0.1) is 12.4 Å². The Hall–Kier alpha value is -2.80. The Morgan fingerprint density at radius 2 is 1.94 bits per heavy atom. The monoisotopic (exact) mass is 496 g/mol. The maximum Gasteiger partial charge on any atom is 0.223 e. The molecule has 2 heterocycles. The van der Waals surface area contributed by atoms with Gasteiger partial charge in [0.2, 0.25) is 5.95 Å². The number of nitrogen functional groups attached to an aromatic ring is 1. The molecular weight excluding hydrogens is 467 g/mol. The summed E-state index contributed by atoms with van der Waals surface area (Å²) in [5.41, 5.74) is 10.7. The minimum absolute atomic E-state index is 0. The summed E-state index contributed by atoms with van der Waals surface area (Å²) in [4.78, 5) is 15.0. The molecule has 0 radical (unpaired) electrons. The van der Waals surface area contributed by atoms with Crippen LogP contribution in [0, 0.1) is 0 Å². The van der Waals surface area contributed by atoms with Crippen molar-refractivity contribution in [3.63, 3.8) is 0 Å². The van der Waals surface area contributed by atoms with Crippen LogP contribution in [0.2, 0.25) is 5.02 Å². The number of nitrogens with one attached hydrogen (secondary N) is 2. The van der Waals surface area contributed by atoms with Gasteiger partial charge in [0.1, 0.15) is 0 Å². The standard InChI is InChI=1S/C26H29ClN6.ClH/c1-33(16-17-9-11-18(28)12-10-17)20-6-4-5-19(13-20)31-26-30-15-23(27)25(32-26)22-14-29-24-8-3-2-7-21(22)24;/h2-3,7-12,14-15,19-20,29H,4-6,13,16,28H2,1H3,(H,30,31,32);1H/t19-,20+;/m1./s1. The second-order valence-corrected chi connectivity index (χ2v) is 9.36. The van der Waals surface area contributed by atoms with Gasteiger partial charge in [0.15, 0.2) is 0 Å². The Balaban J connectivity index is 0.00000274. The van der Waals surface area contributed by atoms with Crippen LogP contribution in [0.1, 0.15) is 31.2 Å². The number of H-pyrrole nitrogens is 1. The molecule has 0 unspecified atom stereocenters. The first kappa shape index (κ1) is 24.3. The third kappa shape index (κ3) is 5.30. The normalized spacial score (nSPS) is 18.1. The predicted octanol–water partition coefficient (Wildman–Crippen LogP) is 6.14. The molecule has 0 amide bonds. The van der Waals surface area contributed by atoms with Crippen LogP contribution >= 0.6 is 24.0 Å². The van der Waals surface area contributed by atoms with Crippen LogP contribution in [-0.4, -0.2) is 39.0 Å². The molecule has 1 saturated carbocycles. The number of benzene rings is 2. The highest BCUT2D eigenvalue weighted by Gasteiger charge is 2.26. The van der Waals surface area contributed by atoms with Crippen LogP contribution in [0.15, 0.2) is 60.9 Å². The molecule has 34 heavy (non-hydrogen) atoms. The van der Waals surface area contributed by atoms with Gasteiger partial charge >= 0.3 is 0 Å². The van der Waals surface area contributed by atoms with Crippen molar-refractivity contribution in [2.45, 2.75) is 44.3 Å². The van der Waals surface area contributed by atoms with Crippen LogP contribution in [-0.2, 0) is 6.54 Å². The van der Waals surface area contributed by atoms with E-state index >= 15 is 0 Å². The molecular formula is C26H30Cl2N6. The van der Waals surface area contributed by atoms with Gasteiger partial charge in [0.05, 0.1) is 16.9 Å². The average Bonchev–Trinajstić information content (AvgIpc) is 3.26. The molecule has 0 aliphatic heterocycles.